The number of hydrogen-bond donors (Lipinski definition) is 2. The number of anilines is 2. The van der Waals surface area contributed by atoms with E-state index in [0.29, 0.717) is 11.4 Å². The highest BCUT2D eigenvalue weighted by Gasteiger charge is 2.57. The lowest BCUT2D eigenvalue weighted by molar-refractivity contribution is -0.278. The third kappa shape index (κ3) is 5.79. The molecule has 34 heavy (non-hydrogen) atoms. The van der Waals surface area contributed by atoms with Crippen LogP contribution >= 0.6 is 0 Å². The van der Waals surface area contributed by atoms with E-state index in [-0.39, 0.29) is 13.2 Å². The van der Waals surface area contributed by atoms with Gasteiger partial charge in [0.25, 0.3) is 11.8 Å². The average molecular weight is 494 g/mol. The van der Waals surface area contributed by atoms with Gasteiger partial charge in [0.2, 0.25) is 11.8 Å². The first-order chi connectivity index (χ1) is 15.7. The third-order valence-electron chi connectivity index (χ3n) is 5.10. The molecule has 1 heterocycles. The standard InChI is InChI=1S/C20H23F5N4O5/c1-11(16(31)26-10-19(21,22)20(23,24)25)17(32)27-12-8-29(15(30)9-34-3)14-7-5-4-6-13(14)28(2)18(12)33/h4-7,11-12H,8-10H2,1-3H3,(H,26,31)(H,27,32)/t11?,12-/m0/s1. The van der Waals surface area contributed by atoms with Crippen molar-refractivity contribution in [3.05, 3.63) is 24.3 Å². The summed E-state index contributed by atoms with van der Waals surface area (Å²) in [4.78, 5) is 52.5. The Hall–Kier alpha value is -3.29. The largest absolute Gasteiger partial charge is 0.455 e. The highest BCUT2D eigenvalue weighted by Crippen LogP contribution is 2.35. The van der Waals surface area contributed by atoms with Gasteiger partial charge in [-0.1, -0.05) is 12.1 Å². The van der Waals surface area contributed by atoms with Gasteiger partial charge >= 0.3 is 12.1 Å². The molecule has 4 amide bonds. The van der Waals surface area contributed by atoms with Gasteiger partial charge in [0, 0.05) is 14.2 Å². The molecule has 0 fully saturated rings. The van der Waals surface area contributed by atoms with E-state index in [9.17, 15) is 41.1 Å². The number of amides is 4. The zero-order valence-electron chi connectivity index (χ0n) is 18.4. The Kier molecular flexibility index (Phi) is 8.18. The number of carbonyl (C=O) groups is 4. The first kappa shape index (κ1) is 27.0. The summed E-state index contributed by atoms with van der Waals surface area (Å²) in [6.07, 6.45) is -5.88. The second-order valence-corrected chi connectivity index (χ2v) is 7.53. The number of likely N-dealkylation sites (N-methyl/N-ethyl adjacent to an activating group) is 1. The molecule has 2 atom stereocenters. The van der Waals surface area contributed by atoms with Gasteiger partial charge in [0.05, 0.1) is 24.5 Å². The summed E-state index contributed by atoms with van der Waals surface area (Å²) >= 11 is 0. The van der Waals surface area contributed by atoms with Crippen molar-refractivity contribution in [1.82, 2.24) is 10.6 Å². The van der Waals surface area contributed by atoms with Crippen LogP contribution in [0.1, 0.15) is 6.92 Å². The predicted molar refractivity (Wildman–Crippen MR) is 109 cm³/mol. The first-order valence-electron chi connectivity index (χ1n) is 9.89. The highest BCUT2D eigenvalue weighted by atomic mass is 19.4. The number of para-hydroxylation sites is 2. The molecule has 14 heteroatoms. The molecule has 0 saturated heterocycles. The van der Waals surface area contributed by atoms with Gasteiger partial charge in [-0.25, -0.2) is 0 Å². The van der Waals surface area contributed by atoms with E-state index < -0.39 is 54.2 Å². The van der Waals surface area contributed by atoms with Crippen LogP contribution in [0.4, 0.5) is 33.3 Å². The van der Waals surface area contributed by atoms with Crippen molar-refractivity contribution in [2.24, 2.45) is 5.92 Å². The molecule has 188 valence electrons. The Morgan fingerprint density at radius 2 is 1.71 bits per heavy atom. The smallest absolute Gasteiger partial charge is 0.375 e. The average Bonchev–Trinajstić information content (AvgIpc) is 2.87. The minimum absolute atomic E-state index is 0.334. The molecule has 0 spiro atoms. The van der Waals surface area contributed by atoms with Gasteiger partial charge in [-0.15, -0.1) is 0 Å². The van der Waals surface area contributed by atoms with Crippen molar-refractivity contribution < 1.29 is 45.9 Å². The predicted octanol–water partition coefficient (Wildman–Crippen LogP) is 1.08. The number of rotatable bonds is 7. The van der Waals surface area contributed by atoms with Crippen molar-refractivity contribution in [3.63, 3.8) is 0 Å². The topological polar surface area (TPSA) is 108 Å². The quantitative estimate of drug-likeness (QED) is 0.436. The molecule has 0 bridgehead atoms. The molecule has 0 aliphatic carbocycles. The van der Waals surface area contributed by atoms with Crippen LogP contribution < -0.4 is 20.4 Å². The zero-order valence-corrected chi connectivity index (χ0v) is 18.4. The molecule has 1 aromatic rings. The van der Waals surface area contributed by atoms with E-state index in [4.69, 9.17) is 4.74 Å². The van der Waals surface area contributed by atoms with Gasteiger partial charge in [-0.3, -0.25) is 19.2 Å². The van der Waals surface area contributed by atoms with Gasteiger partial charge in [-0.2, -0.15) is 22.0 Å². The van der Waals surface area contributed by atoms with Crippen LogP contribution in [0.3, 0.4) is 0 Å². The lowest BCUT2D eigenvalue weighted by Crippen LogP contribution is -2.55. The van der Waals surface area contributed by atoms with Crippen LogP contribution in [-0.2, 0) is 23.9 Å². The van der Waals surface area contributed by atoms with Crippen molar-refractivity contribution >= 4 is 35.0 Å². The number of fused-ring (bicyclic) bond motifs is 1. The molecule has 2 N–H and O–H groups in total. The molecule has 1 aliphatic rings. The number of carbonyl (C=O) groups excluding carboxylic acids is 4. The fourth-order valence-corrected chi connectivity index (χ4v) is 3.10. The zero-order chi connectivity index (χ0) is 25.8. The second-order valence-electron chi connectivity index (χ2n) is 7.53. The number of nitrogens with one attached hydrogen (secondary N) is 2. The fraction of sp³-hybridized carbons (Fsp3) is 0.500. The summed E-state index contributed by atoms with van der Waals surface area (Å²) in [5.41, 5.74) is 0.714. The lowest BCUT2D eigenvalue weighted by atomic mass is 10.1. The van der Waals surface area contributed by atoms with Gasteiger partial charge in [0.1, 0.15) is 18.6 Å². The van der Waals surface area contributed by atoms with E-state index in [1.165, 1.54) is 29.3 Å². The minimum atomic E-state index is -5.88. The Morgan fingerprint density at radius 1 is 1.12 bits per heavy atom. The molecule has 0 radical (unpaired) electrons. The van der Waals surface area contributed by atoms with E-state index in [0.717, 1.165) is 6.92 Å². The Bertz CT molecular complexity index is 956. The van der Waals surface area contributed by atoms with E-state index in [1.807, 2.05) is 0 Å². The molecule has 1 unspecified atom stereocenters. The van der Waals surface area contributed by atoms with Crippen molar-refractivity contribution in [2.75, 3.05) is 43.7 Å². The second kappa shape index (κ2) is 10.3. The van der Waals surface area contributed by atoms with Crippen LogP contribution in [-0.4, -0.2) is 75.6 Å². The summed E-state index contributed by atoms with van der Waals surface area (Å²) in [5.74, 6) is -10.6. The molecule has 0 aromatic heterocycles. The Labute approximate surface area is 191 Å². The number of methoxy groups -OCH3 is 1. The summed E-state index contributed by atoms with van der Waals surface area (Å²) < 4.78 is 67.8. The van der Waals surface area contributed by atoms with Crippen molar-refractivity contribution in [3.8, 4) is 0 Å². The maximum Gasteiger partial charge on any atom is 0.455 e. The third-order valence-corrected chi connectivity index (χ3v) is 5.10. The summed E-state index contributed by atoms with van der Waals surface area (Å²) in [7, 11) is 2.70. The lowest BCUT2D eigenvalue weighted by Gasteiger charge is -2.25. The normalized spacial score (nSPS) is 17.5. The van der Waals surface area contributed by atoms with Crippen LogP contribution in [0, 0.1) is 5.92 Å². The molecule has 0 saturated carbocycles. The van der Waals surface area contributed by atoms with Gasteiger partial charge in [0.15, 0.2) is 0 Å². The van der Waals surface area contributed by atoms with E-state index >= 15 is 0 Å². The molecule has 2 rings (SSSR count). The fourth-order valence-electron chi connectivity index (χ4n) is 3.10. The number of alkyl halides is 5. The maximum atomic E-state index is 13.0. The maximum absolute atomic E-state index is 13.0. The number of nitrogens with zero attached hydrogens (tertiary/aromatic N) is 2. The number of ether oxygens (including phenoxy) is 1. The number of benzene rings is 1. The Morgan fingerprint density at radius 3 is 2.26 bits per heavy atom. The monoisotopic (exact) mass is 494 g/mol. The van der Waals surface area contributed by atoms with Crippen molar-refractivity contribution in [1.29, 1.82) is 0 Å². The highest BCUT2D eigenvalue weighted by molar-refractivity contribution is 6.09. The van der Waals surface area contributed by atoms with Crippen LogP contribution in [0.2, 0.25) is 0 Å². The number of halogens is 5. The van der Waals surface area contributed by atoms with Crippen LogP contribution in [0.5, 0.6) is 0 Å². The van der Waals surface area contributed by atoms with Gasteiger partial charge in [-0.05, 0) is 19.1 Å². The molecule has 1 aliphatic heterocycles. The summed E-state index contributed by atoms with van der Waals surface area (Å²) in [6.45, 7) is -1.75. The molecule has 1 aromatic carbocycles. The summed E-state index contributed by atoms with van der Waals surface area (Å²) in [6, 6.07) is 5.06. The SMILES string of the molecule is COCC(=O)N1C[C@H](NC(=O)C(C)C(=O)NCC(F)(F)C(F)(F)F)C(=O)N(C)c2ccccc21. The van der Waals surface area contributed by atoms with E-state index in [1.54, 1.807) is 24.3 Å². The molecular weight excluding hydrogens is 471 g/mol. The van der Waals surface area contributed by atoms with Crippen LogP contribution in [0.15, 0.2) is 24.3 Å². The Balaban J connectivity index is 2.18. The summed E-state index contributed by atoms with van der Waals surface area (Å²) in [5, 5.41) is 3.66. The molecular formula is C20H23F5N4O5. The van der Waals surface area contributed by atoms with Crippen LogP contribution in [0.25, 0.3) is 0 Å². The van der Waals surface area contributed by atoms with Gasteiger partial charge < -0.3 is 25.2 Å². The number of hydrogen-bond acceptors (Lipinski definition) is 5. The first-order valence-corrected chi connectivity index (χ1v) is 9.89. The van der Waals surface area contributed by atoms with E-state index in [2.05, 4.69) is 5.32 Å². The molecule has 9 nitrogen and oxygen atoms in total. The van der Waals surface area contributed by atoms with Crippen molar-refractivity contribution in [2.45, 2.75) is 25.1 Å². The minimum Gasteiger partial charge on any atom is -0.375 e.